The molecular weight excluding hydrogens is 464 g/mol. The number of ether oxygens (including phenoxy) is 2. The van der Waals surface area contributed by atoms with Gasteiger partial charge in [0.15, 0.2) is 0 Å². The first-order chi connectivity index (χ1) is 17.7. The molecule has 5 rings (SSSR count). The Morgan fingerprint density at radius 2 is 1.78 bits per heavy atom. The summed E-state index contributed by atoms with van der Waals surface area (Å²) in [5, 5.41) is 11.8. The third-order valence-corrected chi connectivity index (χ3v) is 11.8. The molecule has 5 nitrogen and oxygen atoms in total. The summed E-state index contributed by atoms with van der Waals surface area (Å²) in [6.45, 7) is 7.11. The van der Waals surface area contributed by atoms with Crippen LogP contribution in [-0.2, 0) is 14.3 Å². The number of hydrogen-bond acceptors (Lipinski definition) is 5. The first kappa shape index (κ1) is 26.7. The van der Waals surface area contributed by atoms with E-state index in [1.54, 1.807) is 0 Å². The van der Waals surface area contributed by atoms with Gasteiger partial charge in [0.25, 0.3) is 0 Å². The lowest BCUT2D eigenvalue weighted by Crippen LogP contribution is -2.59. The Labute approximate surface area is 222 Å². The fourth-order valence-corrected chi connectivity index (χ4v) is 9.69. The van der Waals surface area contributed by atoms with Crippen molar-refractivity contribution in [1.29, 1.82) is 0 Å². The van der Waals surface area contributed by atoms with Gasteiger partial charge in [0.05, 0.1) is 18.8 Å². The van der Waals surface area contributed by atoms with Crippen LogP contribution in [0.4, 0.5) is 0 Å². The van der Waals surface area contributed by atoms with Crippen LogP contribution in [0.5, 0.6) is 0 Å². The van der Waals surface area contributed by atoms with E-state index in [1.165, 1.54) is 26.4 Å². The standard InChI is InChI=1S/C32H46O5/c1-20(10-15-29(34)36-4)25-13-14-26-24-12-11-22-18-23(37-30(35)21-8-6-5-7-9-21)16-17-31(22,2)27(24)19-28(33)32(25,26)3/h5-9,20,22-28,33H,10-19H2,1-4H3/t20-,22-,23-,24+,25-,26+,27+,28+,31+,32-/m1/s1. The maximum Gasteiger partial charge on any atom is 0.338 e. The molecular formula is C32H46O5. The molecule has 0 aliphatic heterocycles. The van der Waals surface area contributed by atoms with Crippen LogP contribution in [0.15, 0.2) is 30.3 Å². The summed E-state index contributed by atoms with van der Waals surface area (Å²) in [6.07, 6.45) is 9.59. The van der Waals surface area contributed by atoms with Crippen molar-refractivity contribution in [2.75, 3.05) is 7.11 Å². The molecule has 0 spiro atoms. The maximum atomic E-state index is 12.7. The molecule has 0 radical (unpaired) electrons. The molecule has 0 aromatic heterocycles. The highest BCUT2D eigenvalue weighted by molar-refractivity contribution is 5.89. The highest BCUT2D eigenvalue weighted by Crippen LogP contribution is 2.68. The van der Waals surface area contributed by atoms with Crippen molar-refractivity contribution in [2.24, 2.45) is 46.3 Å². The van der Waals surface area contributed by atoms with Crippen LogP contribution in [0.1, 0.15) is 95.3 Å². The molecule has 4 fully saturated rings. The third kappa shape index (κ3) is 4.64. The number of aliphatic hydroxyl groups excluding tert-OH is 1. The second-order valence-corrected chi connectivity index (χ2v) is 13.2. The molecule has 204 valence electrons. The van der Waals surface area contributed by atoms with Gasteiger partial charge in [-0.3, -0.25) is 4.79 Å². The quantitative estimate of drug-likeness (QED) is 0.447. The molecule has 0 unspecified atom stereocenters. The van der Waals surface area contributed by atoms with E-state index >= 15 is 0 Å². The molecule has 4 aliphatic carbocycles. The number of rotatable bonds is 6. The SMILES string of the molecule is COC(=O)CC[C@@H](C)[C@H]1CC[C@H]2[C@@H]3CC[C@@H]4C[C@H](OC(=O)c5ccccc5)CC[C@]4(C)[C@H]3C[C@H](O)[C@]12C. The van der Waals surface area contributed by atoms with Crippen molar-refractivity contribution in [2.45, 2.75) is 97.2 Å². The zero-order chi connectivity index (χ0) is 26.4. The van der Waals surface area contributed by atoms with Crippen molar-refractivity contribution in [3.05, 3.63) is 35.9 Å². The van der Waals surface area contributed by atoms with Gasteiger partial charge in [-0.2, -0.15) is 0 Å². The molecule has 1 N–H and O–H groups in total. The normalized spacial score (nSPS) is 41.6. The number of carbonyl (C=O) groups excluding carboxylic acids is 2. The van der Waals surface area contributed by atoms with Gasteiger partial charge in [-0.05, 0) is 116 Å². The van der Waals surface area contributed by atoms with Gasteiger partial charge in [-0.1, -0.05) is 39.0 Å². The predicted octanol–water partition coefficient (Wildman–Crippen LogP) is 6.43. The van der Waals surface area contributed by atoms with E-state index in [9.17, 15) is 14.7 Å². The lowest BCUT2D eigenvalue weighted by Gasteiger charge is -2.62. The second kappa shape index (κ2) is 10.4. The largest absolute Gasteiger partial charge is 0.469 e. The number of esters is 2. The molecule has 0 heterocycles. The summed E-state index contributed by atoms with van der Waals surface area (Å²) in [5.74, 6) is 2.82. The van der Waals surface area contributed by atoms with E-state index in [-0.39, 0.29) is 35.0 Å². The molecule has 0 bridgehead atoms. The van der Waals surface area contributed by atoms with Crippen LogP contribution in [-0.4, -0.2) is 36.4 Å². The first-order valence-electron chi connectivity index (χ1n) is 14.7. The molecule has 0 amide bonds. The summed E-state index contributed by atoms with van der Waals surface area (Å²) in [5.41, 5.74) is 0.767. The van der Waals surface area contributed by atoms with Crippen LogP contribution >= 0.6 is 0 Å². The van der Waals surface area contributed by atoms with Crippen molar-refractivity contribution in [1.82, 2.24) is 0 Å². The van der Waals surface area contributed by atoms with Crippen LogP contribution in [0, 0.1) is 46.3 Å². The monoisotopic (exact) mass is 510 g/mol. The van der Waals surface area contributed by atoms with E-state index in [2.05, 4.69) is 20.8 Å². The van der Waals surface area contributed by atoms with E-state index in [0.29, 0.717) is 47.5 Å². The molecule has 37 heavy (non-hydrogen) atoms. The lowest BCUT2D eigenvalue weighted by molar-refractivity contribution is -0.175. The van der Waals surface area contributed by atoms with Crippen LogP contribution < -0.4 is 0 Å². The van der Waals surface area contributed by atoms with Gasteiger partial charge in [0.2, 0.25) is 0 Å². The topological polar surface area (TPSA) is 72.8 Å². The van der Waals surface area contributed by atoms with Gasteiger partial charge in [-0.25, -0.2) is 4.79 Å². The first-order valence-corrected chi connectivity index (χ1v) is 14.7. The van der Waals surface area contributed by atoms with Crippen molar-refractivity contribution >= 4 is 11.9 Å². The molecule has 4 aliphatic rings. The smallest absolute Gasteiger partial charge is 0.338 e. The number of hydrogen-bond donors (Lipinski definition) is 1. The van der Waals surface area contributed by atoms with Crippen molar-refractivity contribution < 1.29 is 24.2 Å². The summed E-state index contributed by atoms with van der Waals surface area (Å²) >= 11 is 0. The Balaban J connectivity index is 1.27. The fraction of sp³-hybridized carbons (Fsp3) is 0.750. The Hall–Kier alpha value is -1.88. The Morgan fingerprint density at radius 3 is 2.51 bits per heavy atom. The fourth-order valence-electron chi connectivity index (χ4n) is 9.69. The molecule has 10 atom stereocenters. The van der Waals surface area contributed by atoms with Gasteiger partial charge in [-0.15, -0.1) is 0 Å². The molecule has 0 saturated heterocycles. The van der Waals surface area contributed by atoms with E-state index in [1.807, 2.05) is 30.3 Å². The average Bonchev–Trinajstić information content (AvgIpc) is 3.27. The minimum Gasteiger partial charge on any atom is -0.469 e. The third-order valence-electron chi connectivity index (χ3n) is 11.8. The average molecular weight is 511 g/mol. The minimum atomic E-state index is -0.295. The number of aliphatic hydroxyl groups is 1. The summed E-state index contributed by atoms with van der Waals surface area (Å²) in [6, 6.07) is 9.33. The zero-order valence-electron chi connectivity index (χ0n) is 23.2. The maximum absolute atomic E-state index is 12.7. The highest BCUT2D eigenvalue weighted by Gasteiger charge is 2.63. The molecule has 4 saturated carbocycles. The Bertz CT molecular complexity index is 977. The Morgan fingerprint density at radius 1 is 1.03 bits per heavy atom. The highest BCUT2D eigenvalue weighted by atomic mass is 16.5. The molecule has 1 aromatic rings. The van der Waals surface area contributed by atoms with Crippen molar-refractivity contribution in [3.63, 3.8) is 0 Å². The minimum absolute atomic E-state index is 0.00682. The number of methoxy groups -OCH3 is 1. The predicted molar refractivity (Wildman–Crippen MR) is 143 cm³/mol. The van der Waals surface area contributed by atoms with E-state index in [4.69, 9.17) is 9.47 Å². The summed E-state index contributed by atoms with van der Waals surface area (Å²) in [7, 11) is 1.46. The van der Waals surface area contributed by atoms with Crippen LogP contribution in [0.3, 0.4) is 0 Å². The summed E-state index contributed by atoms with van der Waals surface area (Å²) < 4.78 is 10.9. The van der Waals surface area contributed by atoms with Crippen LogP contribution in [0.2, 0.25) is 0 Å². The van der Waals surface area contributed by atoms with Gasteiger partial charge >= 0.3 is 11.9 Å². The second-order valence-electron chi connectivity index (χ2n) is 13.2. The number of carbonyl (C=O) groups is 2. The number of benzene rings is 1. The van der Waals surface area contributed by atoms with Gasteiger partial charge < -0.3 is 14.6 Å². The molecule has 1 aromatic carbocycles. The number of fused-ring (bicyclic) bond motifs is 5. The van der Waals surface area contributed by atoms with Crippen molar-refractivity contribution in [3.8, 4) is 0 Å². The zero-order valence-corrected chi connectivity index (χ0v) is 23.2. The lowest BCUT2D eigenvalue weighted by atomic mass is 9.43. The van der Waals surface area contributed by atoms with E-state index < -0.39 is 0 Å². The molecule has 5 heteroatoms. The van der Waals surface area contributed by atoms with Crippen LogP contribution in [0.25, 0.3) is 0 Å². The summed E-state index contributed by atoms with van der Waals surface area (Å²) in [4.78, 5) is 24.5. The van der Waals surface area contributed by atoms with Gasteiger partial charge in [0, 0.05) is 6.42 Å². The Kier molecular flexibility index (Phi) is 7.48. The van der Waals surface area contributed by atoms with E-state index in [0.717, 1.165) is 38.5 Å². The van der Waals surface area contributed by atoms with Gasteiger partial charge in [0.1, 0.15) is 6.10 Å².